The normalized spacial score (nSPS) is 12.9. The van der Waals surface area contributed by atoms with Gasteiger partial charge in [-0.3, -0.25) is 0 Å². The van der Waals surface area contributed by atoms with Crippen LogP contribution in [0.15, 0.2) is 12.1 Å². The molecule has 3 heteroatoms. The van der Waals surface area contributed by atoms with Crippen molar-refractivity contribution in [1.29, 1.82) is 0 Å². The Kier molecular flexibility index (Phi) is 4.21. The molecule has 0 spiro atoms. The van der Waals surface area contributed by atoms with Crippen molar-refractivity contribution in [1.82, 2.24) is 5.32 Å². The number of hydrogen-bond donors (Lipinski definition) is 1. The second-order valence-electron chi connectivity index (χ2n) is 3.88. The predicted octanol–water partition coefficient (Wildman–Crippen LogP) is 3.16. The topological polar surface area (TPSA) is 12.0 Å². The van der Waals surface area contributed by atoms with Crippen LogP contribution in [0.2, 0.25) is 0 Å². The summed E-state index contributed by atoms with van der Waals surface area (Å²) in [5.74, 6) is -0.964. The van der Waals surface area contributed by atoms with Gasteiger partial charge < -0.3 is 5.32 Å². The highest BCUT2D eigenvalue weighted by molar-refractivity contribution is 5.25. The van der Waals surface area contributed by atoms with E-state index in [2.05, 4.69) is 12.2 Å². The molecule has 0 amide bonds. The maximum absolute atomic E-state index is 13.3. The Hall–Kier alpha value is -0.960. The van der Waals surface area contributed by atoms with Gasteiger partial charge in [-0.15, -0.1) is 0 Å². The molecule has 0 saturated carbocycles. The van der Waals surface area contributed by atoms with Crippen LogP contribution < -0.4 is 5.32 Å². The van der Waals surface area contributed by atoms with E-state index in [0.29, 0.717) is 23.7 Å². The SMILES string of the molecule is CCC(C)NCc1cc(C)c(F)cc1F. The van der Waals surface area contributed by atoms with E-state index in [0.717, 1.165) is 12.5 Å². The highest BCUT2D eigenvalue weighted by atomic mass is 19.1. The summed E-state index contributed by atoms with van der Waals surface area (Å²) in [6.45, 7) is 6.18. The van der Waals surface area contributed by atoms with E-state index in [-0.39, 0.29) is 0 Å². The van der Waals surface area contributed by atoms with Gasteiger partial charge in [0.2, 0.25) is 0 Å². The fourth-order valence-corrected chi connectivity index (χ4v) is 1.28. The van der Waals surface area contributed by atoms with Gasteiger partial charge in [-0.25, -0.2) is 8.78 Å². The average Bonchev–Trinajstić information content (AvgIpc) is 2.21. The minimum atomic E-state index is -0.486. The van der Waals surface area contributed by atoms with Gasteiger partial charge in [0.15, 0.2) is 0 Å². The number of benzene rings is 1. The molecule has 0 aromatic heterocycles. The molecule has 0 aliphatic carbocycles. The maximum atomic E-state index is 13.3. The van der Waals surface area contributed by atoms with Crippen molar-refractivity contribution in [3.8, 4) is 0 Å². The van der Waals surface area contributed by atoms with Crippen molar-refractivity contribution in [2.75, 3.05) is 0 Å². The van der Waals surface area contributed by atoms with E-state index in [1.54, 1.807) is 13.0 Å². The third kappa shape index (κ3) is 3.27. The molecule has 0 aliphatic rings. The van der Waals surface area contributed by atoms with E-state index in [1.165, 1.54) is 0 Å². The number of rotatable bonds is 4. The highest BCUT2D eigenvalue weighted by Gasteiger charge is 2.07. The van der Waals surface area contributed by atoms with Crippen molar-refractivity contribution in [2.24, 2.45) is 0 Å². The lowest BCUT2D eigenvalue weighted by atomic mass is 10.1. The van der Waals surface area contributed by atoms with Crippen LogP contribution in [0.1, 0.15) is 31.4 Å². The molecule has 0 radical (unpaired) electrons. The summed E-state index contributed by atoms with van der Waals surface area (Å²) in [5.41, 5.74) is 1.01. The molecule has 0 heterocycles. The fraction of sp³-hybridized carbons (Fsp3) is 0.500. The van der Waals surface area contributed by atoms with Gasteiger partial charge in [-0.1, -0.05) is 6.92 Å². The Morgan fingerprint density at radius 2 is 1.93 bits per heavy atom. The van der Waals surface area contributed by atoms with Crippen LogP contribution in [-0.2, 0) is 6.54 Å². The van der Waals surface area contributed by atoms with Gasteiger partial charge in [0.1, 0.15) is 11.6 Å². The van der Waals surface area contributed by atoms with Crippen LogP contribution in [0.25, 0.3) is 0 Å². The number of halogens is 2. The van der Waals surface area contributed by atoms with Crippen molar-refractivity contribution in [3.05, 3.63) is 34.9 Å². The number of hydrogen-bond acceptors (Lipinski definition) is 1. The first-order valence-electron chi connectivity index (χ1n) is 5.22. The van der Waals surface area contributed by atoms with Crippen LogP contribution in [0.4, 0.5) is 8.78 Å². The molecule has 0 aliphatic heterocycles. The van der Waals surface area contributed by atoms with Gasteiger partial charge in [0, 0.05) is 24.2 Å². The lowest BCUT2D eigenvalue weighted by Crippen LogP contribution is -2.25. The van der Waals surface area contributed by atoms with Crippen molar-refractivity contribution < 1.29 is 8.78 Å². The summed E-state index contributed by atoms with van der Waals surface area (Å²) in [7, 11) is 0. The largest absolute Gasteiger partial charge is 0.310 e. The summed E-state index contributed by atoms with van der Waals surface area (Å²) in [6, 6.07) is 2.85. The molecule has 0 saturated heterocycles. The van der Waals surface area contributed by atoms with E-state index < -0.39 is 11.6 Å². The van der Waals surface area contributed by atoms with Crippen LogP contribution >= 0.6 is 0 Å². The monoisotopic (exact) mass is 213 g/mol. The third-order valence-electron chi connectivity index (χ3n) is 2.58. The Balaban J connectivity index is 2.73. The van der Waals surface area contributed by atoms with Gasteiger partial charge >= 0.3 is 0 Å². The molecule has 15 heavy (non-hydrogen) atoms. The van der Waals surface area contributed by atoms with E-state index >= 15 is 0 Å². The van der Waals surface area contributed by atoms with Crippen molar-refractivity contribution >= 4 is 0 Å². The second kappa shape index (κ2) is 5.21. The summed E-state index contributed by atoms with van der Waals surface area (Å²) < 4.78 is 26.3. The Bertz CT molecular complexity index is 337. The maximum Gasteiger partial charge on any atom is 0.130 e. The molecular formula is C12H17F2N. The van der Waals surface area contributed by atoms with Gasteiger partial charge in [-0.05, 0) is 31.9 Å². The summed E-state index contributed by atoms with van der Waals surface area (Å²) in [4.78, 5) is 0. The molecule has 84 valence electrons. The zero-order valence-electron chi connectivity index (χ0n) is 9.40. The minimum absolute atomic E-state index is 0.342. The predicted molar refractivity (Wildman–Crippen MR) is 57.7 cm³/mol. The van der Waals surface area contributed by atoms with Crippen LogP contribution in [0.3, 0.4) is 0 Å². The smallest absolute Gasteiger partial charge is 0.130 e. The molecule has 1 rings (SSSR count). The van der Waals surface area contributed by atoms with E-state index in [4.69, 9.17) is 0 Å². The zero-order valence-corrected chi connectivity index (χ0v) is 9.40. The van der Waals surface area contributed by atoms with Gasteiger partial charge in [0.05, 0.1) is 0 Å². The molecule has 1 N–H and O–H groups in total. The Morgan fingerprint density at radius 3 is 2.53 bits per heavy atom. The molecule has 1 aromatic rings. The third-order valence-corrected chi connectivity index (χ3v) is 2.58. The molecule has 0 bridgehead atoms. The first-order valence-corrected chi connectivity index (χ1v) is 5.22. The number of nitrogens with one attached hydrogen (secondary N) is 1. The summed E-state index contributed by atoms with van der Waals surface area (Å²) >= 11 is 0. The molecule has 1 nitrogen and oxygen atoms in total. The molecular weight excluding hydrogens is 196 g/mol. The standard InChI is InChI=1S/C12H17F2N/c1-4-9(3)15-7-10-5-8(2)11(13)6-12(10)14/h5-6,9,15H,4,7H2,1-3H3. The highest BCUT2D eigenvalue weighted by Crippen LogP contribution is 2.14. The fourth-order valence-electron chi connectivity index (χ4n) is 1.28. The summed E-state index contributed by atoms with van der Waals surface area (Å²) in [5, 5.41) is 3.17. The molecule has 1 unspecified atom stereocenters. The minimum Gasteiger partial charge on any atom is -0.310 e. The lowest BCUT2D eigenvalue weighted by molar-refractivity contribution is 0.510. The molecule has 1 atom stereocenters. The van der Waals surface area contributed by atoms with Crippen molar-refractivity contribution in [2.45, 2.75) is 39.8 Å². The first-order chi connectivity index (χ1) is 7.04. The van der Waals surface area contributed by atoms with E-state index in [9.17, 15) is 8.78 Å². The van der Waals surface area contributed by atoms with Gasteiger partial charge in [0.25, 0.3) is 0 Å². The molecule has 1 aromatic carbocycles. The van der Waals surface area contributed by atoms with Crippen LogP contribution in [-0.4, -0.2) is 6.04 Å². The Labute approximate surface area is 89.5 Å². The zero-order chi connectivity index (χ0) is 11.4. The van der Waals surface area contributed by atoms with Gasteiger partial charge in [-0.2, -0.15) is 0 Å². The van der Waals surface area contributed by atoms with Crippen LogP contribution in [0.5, 0.6) is 0 Å². The second-order valence-corrected chi connectivity index (χ2v) is 3.88. The van der Waals surface area contributed by atoms with E-state index in [1.807, 2.05) is 6.92 Å². The quantitative estimate of drug-likeness (QED) is 0.810. The lowest BCUT2D eigenvalue weighted by Gasteiger charge is -2.12. The summed E-state index contributed by atoms with van der Waals surface area (Å²) in [6.07, 6.45) is 0.988. The molecule has 0 fully saturated rings. The van der Waals surface area contributed by atoms with Crippen LogP contribution in [0, 0.1) is 18.6 Å². The average molecular weight is 213 g/mol. The number of aryl methyl sites for hydroxylation is 1. The van der Waals surface area contributed by atoms with Crippen molar-refractivity contribution in [3.63, 3.8) is 0 Å². The first kappa shape index (κ1) is 12.1. The Morgan fingerprint density at radius 1 is 1.27 bits per heavy atom.